The second-order valence-electron chi connectivity index (χ2n) is 3.70. The van der Waals surface area contributed by atoms with Crippen molar-refractivity contribution in [3.8, 4) is 0 Å². The summed E-state index contributed by atoms with van der Waals surface area (Å²) in [6.45, 7) is 12.1. The average molecular weight is 198 g/mol. The highest BCUT2D eigenvalue weighted by Gasteiger charge is 2.39. The zero-order valence-corrected chi connectivity index (χ0v) is 8.86. The Morgan fingerprint density at radius 3 is 2.64 bits per heavy atom. The lowest BCUT2D eigenvalue weighted by molar-refractivity contribution is -0.147. The molecule has 0 radical (unpaired) electrons. The number of hydrogen-bond acceptors (Lipinski definition) is 3. The molecule has 1 rings (SSSR count). The Bertz CT molecular complexity index is 211. The predicted octanol–water partition coefficient (Wildman–Crippen LogP) is 1.90. The van der Waals surface area contributed by atoms with Gasteiger partial charge in [-0.15, -0.1) is 13.2 Å². The van der Waals surface area contributed by atoms with E-state index in [-0.39, 0.29) is 12.2 Å². The fourth-order valence-corrected chi connectivity index (χ4v) is 1.46. The van der Waals surface area contributed by atoms with Gasteiger partial charge in [0, 0.05) is 0 Å². The van der Waals surface area contributed by atoms with Gasteiger partial charge in [-0.3, -0.25) is 0 Å². The van der Waals surface area contributed by atoms with E-state index in [9.17, 15) is 0 Å². The van der Waals surface area contributed by atoms with Crippen molar-refractivity contribution in [2.24, 2.45) is 0 Å². The Morgan fingerprint density at radius 2 is 2.07 bits per heavy atom. The molecule has 0 amide bonds. The first-order chi connectivity index (χ1) is 6.59. The van der Waals surface area contributed by atoms with Gasteiger partial charge in [-0.05, 0) is 13.8 Å². The molecular formula is C11H18O3. The van der Waals surface area contributed by atoms with Crippen LogP contribution in [0.2, 0.25) is 0 Å². The van der Waals surface area contributed by atoms with E-state index in [1.54, 1.807) is 12.2 Å². The van der Waals surface area contributed by atoms with Crippen LogP contribution in [0.4, 0.5) is 0 Å². The molecule has 1 saturated heterocycles. The smallest absolute Gasteiger partial charge is 0.164 e. The minimum Gasteiger partial charge on any atom is -0.375 e. The summed E-state index contributed by atoms with van der Waals surface area (Å²) >= 11 is 0. The van der Waals surface area contributed by atoms with E-state index in [4.69, 9.17) is 14.2 Å². The minimum atomic E-state index is -0.541. The van der Waals surface area contributed by atoms with Crippen LogP contribution in [-0.2, 0) is 14.2 Å². The Kier molecular flexibility index (Phi) is 3.86. The first-order valence-corrected chi connectivity index (χ1v) is 4.76. The van der Waals surface area contributed by atoms with Gasteiger partial charge < -0.3 is 14.2 Å². The minimum absolute atomic E-state index is 0.0672. The molecule has 0 aromatic heterocycles. The highest BCUT2D eigenvalue weighted by atomic mass is 16.8. The summed E-state index contributed by atoms with van der Waals surface area (Å²) in [6.07, 6.45) is 3.30. The largest absolute Gasteiger partial charge is 0.375 e. The summed E-state index contributed by atoms with van der Waals surface area (Å²) < 4.78 is 16.6. The molecule has 0 saturated carbocycles. The lowest BCUT2D eigenvalue weighted by Crippen LogP contribution is -2.26. The van der Waals surface area contributed by atoms with Crippen molar-refractivity contribution in [2.75, 3.05) is 13.2 Å². The van der Waals surface area contributed by atoms with Crippen molar-refractivity contribution >= 4 is 0 Å². The van der Waals surface area contributed by atoms with Gasteiger partial charge >= 0.3 is 0 Å². The summed E-state index contributed by atoms with van der Waals surface area (Å²) in [5.41, 5.74) is 0. The highest BCUT2D eigenvalue weighted by molar-refractivity contribution is 4.93. The molecule has 2 atom stereocenters. The number of rotatable bonds is 5. The predicted molar refractivity (Wildman–Crippen MR) is 55.0 cm³/mol. The van der Waals surface area contributed by atoms with E-state index in [0.29, 0.717) is 13.2 Å². The molecule has 1 aliphatic rings. The summed E-state index contributed by atoms with van der Waals surface area (Å²) in [6, 6.07) is 0. The maximum absolute atomic E-state index is 5.65. The van der Waals surface area contributed by atoms with E-state index in [1.165, 1.54) is 0 Å². The quantitative estimate of drug-likeness (QED) is 0.499. The lowest BCUT2D eigenvalue weighted by atomic mass is 10.2. The molecule has 3 heteroatoms. The molecule has 1 aliphatic heterocycles. The summed E-state index contributed by atoms with van der Waals surface area (Å²) in [4.78, 5) is 0. The van der Waals surface area contributed by atoms with Crippen LogP contribution in [0.15, 0.2) is 25.3 Å². The Hall–Kier alpha value is -0.640. The second kappa shape index (κ2) is 4.73. The molecule has 0 unspecified atom stereocenters. The molecule has 1 heterocycles. The third-order valence-corrected chi connectivity index (χ3v) is 1.97. The molecule has 0 N–H and O–H groups in total. The average Bonchev–Trinajstić information content (AvgIpc) is 2.41. The molecular weight excluding hydrogens is 180 g/mol. The summed E-state index contributed by atoms with van der Waals surface area (Å²) in [5, 5.41) is 0. The first-order valence-electron chi connectivity index (χ1n) is 4.76. The van der Waals surface area contributed by atoms with Crippen molar-refractivity contribution in [1.82, 2.24) is 0 Å². The van der Waals surface area contributed by atoms with Crippen LogP contribution in [0.3, 0.4) is 0 Å². The molecule has 0 aliphatic carbocycles. The van der Waals surface area contributed by atoms with Crippen LogP contribution in [0.5, 0.6) is 0 Å². The molecule has 0 aromatic rings. The second-order valence-corrected chi connectivity index (χ2v) is 3.70. The van der Waals surface area contributed by atoms with Gasteiger partial charge in [0.05, 0.1) is 13.2 Å². The first kappa shape index (κ1) is 11.4. The Morgan fingerprint density at radius 1 is 1.36 bits per heavy atom. The van der Waals surface area contributed by atoms with Gasteiger partial charge in [0.2, 0.25) is 0 Å². The zero-order chi connectivity index (χ0) is 10.6. The lowest BCUT2D eigenvalue weighted by Gasteiger charge is -2.16. The van der Waals surface area contributed by atoms with Crippen LogP contribution in [0, 0.1) is 0 Å². The van der Waals surface area contributed by atoms with Crippen molar-refractivity contribution < 1.29 is 14.2 Å². The van der Waals surface area contributed by atoms with Crippen LogP contribution in [0.25, 0.3) is 0 Å². The summed E-state index contributed by atoms with van der Waals surface area (Å²) in [7, 11) is 0. The third kappa shape index (κ3) is 2.94. The monoisotopic (exact) mass is 198 g/mol. The van der Waals surface area contributed by atoms with Gasteiger partial charge in [-0.25, -0.2) is 0 Å². The van der Waals surface area contributed by atoms with Crippen molar-refractivity contribution in [1.29, 1.82) is 0 Å². The molecule has 80 valence electrons. The van der Waals surface area contributed by atoms with Gasteiger partial charge in [-0.2, -0.15) is 0 Å². The standard InChI is InChI=1S/C11H18O3/c1-5-7-12-8-10-9(6-2)13-11(3,4)14-10/h5-6,9-10H,1-2,7-8H2,3-4H3/t9-,10+/m0/s1. The van der Waals surface area contributed by atoms with E-state index < -0.39 is 5.79 Å². The van der Waals surface area contributed by atoms with E-state index in [1.807, 2.05) is 13.8 Å². The fourth-order valence-electron chi connectivity index (χ4n) is 1.46. The van der Waals surface area contributed by atoms with Gasteiger partial charge in [0.25, 0.3) is 0 Å². The van der Waals surface area contributed by atoms with Crippen molar-refractivity contribution in [3.63, 3.8) is 0 Å². The highest BCUT2D eigenvalue weighted by Crippen LogP contribution is 2.28. The van der Waals surface area contributed by atoms with Gasteiger partial charge in [-0.1, -0.05) is 12.2 Å². The van der Waals surface area contributed by atoms with Gasteiger partial charge in [0.15, 0.2) is 5.79 Å². The third-order valence-electron chi connectivity index (χ3n) is 1.97. The number of ether oxygens (including phenoxy) is 3. The number of hydrogen-bond donors (Lipinski definition) is 0. The zero-order valence-electron chi connectivity index (χ0n) is 8.86. The van der Waals surface area contributed by atoms with Crippen LogP contribution >= 0.6 is 0 Å². The molecule has 0 aromatic carbocycles. The molecule has 3 nitrogen and oxygen atoms in total. The van der Waals surface area contributed by atoms with Crippen LogP contribution in [0.1, 0.15) is 13.8 Å². The van der Waals surface area contributed by atoms with E-state index in [2.05, 4.69) is 13.2 Å². The normalized spacial score (nSPS) is 30.1. The summed E-state index contributed by atoms with van der Waals surface area (Å²) in [5.74, 6) is -0.541. The molecule has 0 bridgehead atoms. The maximum Gasteiger partial charge on any atom is 0.164 e. The molecule has 1 fully saturated rings. The molecule has 0 spiro atoms. The van der Waals surface area contributed by atoms with Crippen molar-refractivity contribution in [2.45, 2.75) is 31.8 Å². The fraction of sp³-hybridized carbons (Fsp3) is 0.636. The van der Waals surface area contributed by atoms with Gasteiger partial charge in [0.1, 0.15) is 12.2 Å². The van der Waals surface area contributed by atoms with Crippen molar-refractivity contribution in [3.05, 3.63) is 25.3 Å². The Labute approximate surface area is 85.3 Å². The van der Waals surface area contributed by atoms with E-state index >= 15 is 0 Å². The van der Waals surface area contributed by atoms with Crippen LogP contribution in [-0.4, -0.2) is 31.2 Å². The Balaban J connectivity index is 2.42. The molecule has 14 heavy (non-hydrogen) atoms. The van der Waals surface area contributed by atoms with E-state index in [0.717, 1.165) is 0 Å². The van der Waals surface area contributed by atoms with Crippen LogP contribution < -0.4 is 0 Å². The maximum atomic E-state index is 5.65. The topological polar surface area (TPSA) is 27.7 Å². The SMILES string of the molecule is C=CCOC[C@H]1OC(C)(C)O[C@H]1C=C.